The molecule has 2 aliphatic rings. The smallest absolute Gasteiger partial charge is 0.317 e. The summed E-state index contributed by atoms with van der Waals surface area (Å²) in [7, 11) is -1.44. The highest BCUT2D eigenvalue weighted by Crippen LogP contribution is 2.20. The molecule has 0 aromatic rings. The number of amides is 2. The first-order chi connectivity index (χ1) is 9.80. The van der Waals surface area contributed by atoms with Crippen molar-refractivity contribution in [2.45, 2.75) is 12.5 Å². The van der Waals surface area contributed by atoms with Crippen LogP contribution in [0.5, 0.6) is 0 Å². The van der Waals surface area contributed by atoms with Gasteiger partial charge in [-0.15, -0.1) is 0 Å². The van der Waals surface area contributed by atoms with Gasteiger partial charge >= 0.3 is 12.0 Å². The molecule has 21 heavy (non-hydrogen) atoms. The van der Waals surface area contributed by atoms with Gasteiger partial charge in [-0.25, -0.2) is 13.2 Å². The monoisotopic (exact) mass is 320 g/mol. The molecule has 3 unspecified atom stereocenters. The number of hydrogen-bond donors (Lipinski definition) is 2. The van der Waals surface area contributed by atoms with Crippen molar-refractivity contribution < 1.29 is 27.9 Å². The maximum absolute atomic E-state index is 12.0. The van der Waals surface area contributed by atoms with E-state index in [4.69, 9.17) is 9.84 Å². The third kappa shape index (κ3) is 3.85. The van der Waals surface area contributed by atoms with Gasteiger partial charge in [0, 0.05) is 13.6 Å². The Hall–Kier alpha value is -1.35. The summed E-state index contributed by atoms with van der Waals surface area (Å²) in [5.41, 5.74) is 0. The van der Waals surface area contributed by atoms with E-state index < -0.39 is 33.8 Å². The molecular weight excluding hydrogens is 300 g/mol. The van der Waals surface area contributed by atoms with Gasteiger partial charge in [0.2, 0.25) is 0 Å². The molecule has 0 aromatic carbocycles. The van der Waals surface area contributed by atoms with E-state index in [-0.39, 0.29) is 37.2 Å². The minimum Gasteiger partial charge on any atom is -0.481 e. The number of carboxylic acid groups (broad SMARTS) is 1. The van der Waals surface area contributed by atoms with Gasteiger partial charge in [-0.1, -0.05) is 0 Å². The summed E-state index contributed by atoms with van der Waals surface area (Å²) < 4.78 is 27.8. The van der Waals surface area contributed by atoms with E-state index in [1.165, 1.54) is 11.9 Å². The van der Waals surface area contributed by atoms with Gasteiger partial charge in [-0.3, -0.25) is 4.79 Å². The number of carboxylic acids is 1. The maximum atomic E-state index is 12.0. The molecule has 2 fully saturated rings. The van der Waals surface area contributed by atoms with Crippen molar-refractivity contribution in [3.63, 3.8) is 0 Å². The summed E-state index contributed by atoms with van der Waals surface area (Å²) in [5, 5.41) is 11.7. The van der Waals surface area contributed by atoms with Crippen LogP contribution in [0.15, 0.2) is 0 Å². The van der Waals surface area contributed by atoms with Crippen LogP contribution < -0.4 is 5.32 Å². The first-order valence-corrected chi connectivity index (χ1v) is 8.64. The highest BCUT2D eigenvalue weighted by atomic mass is 32.2. The summed E-state index contributed by atoms with van der Waals surface area (Å²) >= 11 is 0. The lowest BCUT2D eigenvalue weighted by atomic mass is 10.0. The predicted octanol–water partition coefficient (Wildman–Crippen LogP) is -0.838. The molecule has 9 heteroatoms. The van der Waals surface area contributed by atoms with E-state index in [2.05, 4.69) is 5.32 Å². The minimum atomic E-state index is -2.96. The quantitative estimate of drug-likeness (QED) is 0.698. The third-order valence-corrected chi connectivity index (χ3v) is 5.89. The molecule has 2 amide bonds. The zero-order valence-corrected chi connectivity index (χ0v) is 12.6. The number of carbonyl (C=O) groups excluding carboxylic acids is 1. The van der Waals surface area contributed by atoms with Crippen LogP contribution in [-0.4, -0.2) is 74.8 Å². The number of aliphatic carboxylic acids is 1. The number of carbonyl (C=O) groups is 2. The van der Waals surface area contributed by atoms with Crippen molar-refractivity contribution in [1.29, 1.82) is 0 Å². The van der Waals surface area contributed by atoms with Crippen LogP contribution in [0.25, 0.3) is 0 Å². The second-order valence-corrected chi connectivity index (χ2v) is 7.84. The number of ether oxygens (including phenoxy) is 1. The fourth-order valence-corrected chi connectivity index (χ4v) is 4.56. The molecule has 2 N–H and O–H groups in total. The predicted molar refractivity (Wildman–Crippen MR) is 73.7 cm³/mol. The second-order valence-electron chi connectivity index (χ2n) is 5.62. The molecule has 0 bridgehead atoms. The molecule has 2 aliphatic heterocycles. The fraction of sp³-hybridized carbons (Fsp3) is 0.833. The van der Waals surface area contributed by atoms with Crippen LogP contribution in [0.2, 0.25) is 0 Å². The van der Waals surface area contributed by atoms with Crippen molar-refractivity contribution in [3.8, 4) is 0 Å². The Bertz CT molecular complexity index is 520. The highest BCUT2D eigenvalue weighted by Gasteiger charge is 2.38. The molecule has 0 spiro atoms. The molecule has 2 rings (SSSR count). The zero-order chi connectivity index (χ0) is 15.6. The Morgan fingerprint density at radius 2 is 2.10 bits per heavy atom. The van der Waals surface area contributed by atoms with Gasteiger partial charge in [-0.2, -0.15) is 0 Å². The van der Waals surface area contributed by atoms with Crippen molar-refractivity contribution >= 4 is 21.8 Å². The Morgan fingerprint density at radius 1 is 1.38 bits per heavy atom. The standard InChI is InChI=1S/C12H20N2O6S/c1-14(10-6-20-5-9(10)11(15)16)12(17)13-4-8-2-3-21(18,19)7-8/h8-10H,2-7H2,1H3,(H,13,17)(H,15,16). The van der Waals surface area contributed by atoms with E-state index in [1.807, 2.05) is 0 Å². The van der Waals surface area contributed by atoms with Crippen LogP contribution in [0.3, 0.4) is 0 Å². The third-order valence-electron chi connectivity index (χ3n) is 4.05. The van der Waals surface area contributed by atoms with E-state index in [0.29, 0.717) is 6.42 Å². The molecule has 2 saturated heterocycles. The molecule has 0 saturated carbocycles. The average Bonchev–Trinajstić information content (AvgIpc) is 3.01. The van der Waals surface area contributed by atoms with Gasteiger partial charge in [0.25, 0.3) is 0 Å². The van der Waals surface area contributed by atoms with Crippen molar-refractivity contribution in [3.05, 3.63) is 0 Å². The maximum Gasteiger partial charge on any atom is 0.317 e. The second kappa shape index (κ2) is 6.18. The molecule has 2 heterocycles. The Morgan fingerprint density at radius 3 is 2.67 bits per heavy atom. The lowest BCUT2D eigenvalue weighted by molar-refractivity contribution is -0.142. The average molecular weight is 320 g/mol. The van der Waals surface area contributed by atoms with Gasteiger partial charge in [0.1, 0.15) is 5.92 Å². The summed E-state index contributed by atoms with van der Waals surface area (Å²) in [6.07, 6.45) is 0.552. The highest BCUT2D eigenvalue weighted by molar-refractivity contribution is 7.91. The first kappa shape index (κ1) is 16.0. The zero-order valence-electron chi connectivity index (χ0n) is 11.8. The van der Waals surface area contributed by atoms with Gasteiger partial charge in [-0.05, 0) is 12.3 Å². The van der Waals surface area contributed by atoms with Crippen LogP contribution in [0, 0.1) is 11.8 Å². The van der Waals surface area contributed by atoms with E-state index in [0.717, 1.165) is 0 Å². The van der Waals surface area contributed by atoms with Gasteiger partial charge in [0.15, 0.2) is 9.84 Å². The molecule has 8 nitrogen and oxygen atoms in total. The van der Waals surface area contributed by atoms with Gasteiger partial charge in [0.05, 0.1) is 30.8 Å². The topological polar surface area (TPSA) is 113 Å². The van der Waals surface area contributed by atoms with Crippen LogP contribution in [-0.2, 0) is 19.4 Å². The lowest BCUT2D eigenvalue weighted by Crippen LogP contribution is -2.49. The summed E-state index contributed by atoms with van der Waals surface area (Å²) in [4.78, 5) is 24.4. The van der Waals surface area contributed by atoms with Gasteiger partial charge < -0.3 is 20.1 Å². The normalized spacial score (nSPS) is 31.0. The molecule has 120 valence electrons. The fourth-order valence-electron chi connectivity index (χ4n) is 2.70. The number of rotatable bonds is 4. The summed E-state index contributed by atoms with van der Waals surface area (Å²) in [6.45, 7) is 0.574. The number of urea groups is 1. The minimum absolute atomic E-state index is 0.0672. The molecule has 3 atom stereocenters. The number of hydrogen-bond acceptors (Lipinski definition) is 5. The summed E-state index contributed by atoms with van der Waals surface area (Å²) in [5.74, 6) is -1.52. The Labute approximate surface area is 123 Å². The lowest BCUT2D eigenvalue weighted by Gasteiger charge is -2.27. The van der Waals surface area contributed by atoms with E-state index in [1.54, 1.807) is 0 Å². The van der Waals surface area contributed by atoms with E-state index >= 15 is 0 Å². The number of likely N-dealkylation sites (N-methyl/N-ethyl adjacent to an activating group) is 1. The van der Waals surface area contributed by atoms with Crippen LogP contribution in [0.1, 0.15) is 6.42 Å². The number of nitrogens with zero attached hydrogens (tertiary/aromatic N) is 1. The number of nitrogens with one attached hydrogen (secondary N) is 1. The molecular formula is C12H20N2O6S. The van der Waals surface area contributed by atoms with Crippen molar-refractivity contribution in [2.75, 3.05) is 38.3 Å². The Balaban J connectivity index is 1.84. The molecule has 0 aliphatic carbocycles. The SMILES string of the molecule is CN(C(=O)NCC1CCS(=O)(=O)C1)C1COCC1C(=O)O. The van der Waals surface area contributed by atoms with Crippen LogP contribution in [0.4, 0.5) is 4.79 Å². The molecule has 0 aromatic heterocycles. The first-order valence-electron chi connectivity index (χ1n) is 6.82. The van der Waals surface area contributed by atoms with Crippen molar-refractivity contribution in [1.82, 2.24) is 10.2 Å². The van der Waals surface area contributed by atoms with E-state index in [9.17, 15) is 18.0 Å². The summed E-state index contributed by atoms with van der Waals surface area (Å²) in [6, 6.07) is -0.907. The van der Waals surface area contributed by atoms with Crippen LogP contribution >= 0.6 is 0 Å². The van der Waals surface area contributed by atoms with Crippen molar-refractivity contribution in [2.24, 2.45) is 11.8 Å². The number of sulfone groups is 1. The largest absolute Gasteiger partial charge is 0.481 e. The Kier molecular flexibility index (Phi) is 4.72. The molecule has 0 radical (unpaired) electrons.